The molecular weight excluding hydrogens is 328 g/mol. The number of allylic oxidation sites excluding steroid dienone is 2. The van der Waals surface area contributed by atoms with E-state index in [-0.39, 0.29) is 12.0 Å². The molecule has 1 aromatic carbocycles. The number of carbonyl (C=O) groups is 1. The summed E-state index contributed by atoms with van der Waals surface area (Å²) in [5.41, 5.74) is 0.589. The number of halogens is 1. The molecule has 1 saturated heterocycles. The first-order valence-corrected chi connectivity index (χ1v) is 8.22. The van der Waals surface area contributed by atoms with E-state index in [0.29, 0.717) is 24.7 Å². The molecule has 4 rings (SSSR count). The predicted molar refractivity (Wildman–Crippen MR) is 93.0 cm³/mol. The summed E-state index contributed by atoms with van der Waals surface area (Å²) in [5, 5.41) is 4.43. The topological polar surface area (TPSA) is 66.7 Å². The van der Waals surface area contributed by atoms with E-state index >= 15 is 0 Å². The zero-order valence-electron chi connectivity index (χ0n) is 12.9. The molecule has 1 amide bonds. The number of amides is 1. The number of rotatable bonds is 5. The van der Waals surface area contributed by atoms with Gasteiger partial charge >= 0.3 is 0 Å². The van der Waals surface area contributed by atoms with Gasteiger partial charge in [-0.3, -0.25) is 4.79 Å². The van der Waals surface area contributed by atoms with Crippen molar-refractivity contribution in [2.45, 2.75) is 18.1 Å². The van der Waals surface area contributed by atoms with Gasteiger partial charge in [-0.2, -0.15) is 0 Å². The van der Waals surface area contributed by atoms with Crippen molar-refractivity contribution in [1.82, 2.24) is 4.98 Å². The van der Waals surface area contributed by atoms with Gasteiger partial charge in [0.15, 0.2) is 5.60 Å². The first-order chi connectivity index (χ1) is 11.7. The molecule has 2 aliphatic rings. The number of carbonyl (C=O) groups excluding carboxylic acids is 1. The Labute approximate surface area is 144 Å². The fraction of sp³-hybridized carbons (Fsp3) is 0.278. The number of ether oxygens (including phenoxy) is 2. The maximum atomic E-state index is 13.0. The number of aromatic amines is 1. The summed E-state index contributed by atoms with van der Waals surface area (Å²) in [6.45, 7) is 1.05. The summed E-state index contributed by atoms with van der Waals surface area (Å²) in [4.78, 5) is 16.1. The van der Waals surface area contributed by atoms with E-state index in [2.05, 4.69) is 10.3 Å². The summed E-state index contributed by atoms with van der Waals surface area (Å²) in [6, 6.07) is 7.65. The van der Waals surface area contributed by atoms with E-state index in [1.54, 1.807) is 12.2 Å². The molecule has 1 aliphatic carbocycles. The number of aromatic nitrogens is 1. The molecule has 2 heterocycles. The van der Waals surface area contributed by atoms with E-state index in [9.17, 15) is 4.79 Å². The normalized spacial score (nSPS) is 25.5. The lowest BCUT2D eigenvalue weighted by atomic mass is 9.93. The van der Waals surface area contributed by atoms with E-state index in [1.165, 1.54) is 0 Å². The molecule has 2 unspecified atom stereocenters. The Morgan fingerprint density at radius 1 is 1.46 bits per heavy atom. The third-order valence-electron chi connectivity index (χ3n) is 4.23. The fourth-order valence-electron chi connectivity index (χ4n) is 2.83. The van der Waals surface area contributed by atoms with Gasteiger partial charge in [0.05, 0.1) is 18.9 Å². The van der Waals surface area contributed by atoms with E-state index in [1.807, 2.05) is 36.5 Å². The molecule has 0 spiro atoms. The molecular formula is C18H17ClN2O3. The highest BCUT2D eigenvalue weighted by molar-refractivity contribution is 6.31. The van der Waals surface area contributed by atoms with Crippen LogP contribution in [0.2, 0.25) is 0 Å². The van der Waals surface area contributed by atoms with Gasteiger partial charge in [-0.15, -0.1) is 0 Å². The fourth-order valence-corrected chi connectivity index (χ4v) is 3.09. The van der Waals surface area contributed by atoms with Crippen molar-refractivity contribution >= 4 is 34.1 Å². The number of anilines is 1. The van der Waals surface area contributed by atoms with E-state index in [0.717, 1.165) is 16.6 Å². The number of nitrogens with one attached hydrogen (secondary N) is 2. The third kappa shape index (κ3) is 2.98. The van der Waals surface area contributed by atoms with Crippen molar-refractivity contribution in [3.63, 3.8) is 0 Å². The number of benzene rings is 1. The molecule has 1 aromatic heterocycles. The summed E-state index contributed by atoms with van der Waals surface area (Å²) in [6.07, 6.45) is 7.65. The van der Waals surface area contributed by atoms with Gasteiger partial charge in [0.1, 0.15) is 6.10 Å². The highest BCUT2D eigenvalue weighted by atomic mass is 35.5. The van der Waals surface area contributed by atoms with Crippen molar-refractivity contribution in [3.8, 4) is 0 Å². The van der Waals surface area contributed by atoms with Crippen LogP contribution >= 0.6 is 11.6 Å². The summed E-state index contributed by atoms with van der Waals surface area (Å²) >= 11 is 6.13. The second kappa shape index (κ2) is 6.09. The molecule has 124 valence electrons. The average molecular weight is 345 g/mol. The Morgan fingerprint density at radius 3 is 3.12 bits per heavy atom. The smallest absolute Gasteiger partial charge is 0.261 e. The van der Waals surface area contributed by atoms with E-state index in [4.69, 9.17) is 21.1 Å². The Morgan fingerprint density at radius 2 is 2.33 bits per heavy atom. The van der Waals surface area contributed by atoms with Crippen LogP contribution in [0.3, 0.4) is 0 Å². The molecule has 2 aromatic rings. The minimum absolute atomic E-state index is 0.0702. The Bertz CT molecular complexity index is 838. The molecule has 2 atom stereocenters. The van der Waals surface area contributed by atoms with Crippen LogP contribution in [0.25, 0.3) is 10.9 Å². The van der Waals surface area contributed by atoms with Gasteiger partial charge in [-0.25, -0.2) is 0 Å². The zero-order chi connectivity index (χ0) is 16.6. The molecule has 0 radical (unpaired) electrons. The van der Waals surface area contributed by atoms with Crippen molar-refractivity contribution in [1.29, 1.82) is 0 Å². The highest BCUT2D eigenvalue weighted by Crippen LogP contribution is 2.31. The van der Waals surface area contributed by atoms with Gasteiger partial charge < -0.3 is 19.8 Å². The number of epoxide rings is 1. The first-order valence-electron chi connectivity index (χ1n) is 7.84. The van der Waals surface area contributed by atoms with Gasteiger partial charge in [-0.1, -0.05) is 23.7 Å². The maximum absolute atomic E-state index is 13.0. The number of hydrogen-bond donors (Lipinski definition) is 2. The van der Waals surface area contributed by atoms with Crippen molar-refractivity contribution in [2.24, 2.45) is 0 Å². The van der Waals surface area contributed by atoms with Crippen LogP contribution in [0.5, 0.6) is 0 Å². The average Bonchev–Trinajstić information content (AvgIpc) is 3.28. The molecule has 6 heteroatoms. The van der Waals surface area contributed by atoms with Crippen LogP contribution < -0.4 is 5.32 Å². The van der Waals surface area contributed by atoms with Gasteiger partial charge in [-0.05, 0) is 30.4 Å². The van der Waals surface area contributed by atoms with E-state index < -0.39 is 5.60 Å². The molecule has 5 nitrogen and oxygen atoms in total. The maximum Gasteiger partial charge on any atom is 0.261 e. The van der Waals surface area contributed by atoms with Crippen LogP contribution in [0.4, 0.5) is 5.69 Å². The summed E-state index contributed by atoms with van der Waals surface area (Å²) in [5.74, 6) is -0.237. The van der Waals surface area contributed by atoms with Crippen molar-refractivity contribution in [2.75, 3.05) is 18.5 Å². The summed E-state index contributed by atoms with van der Waals surface area (Å²) in [7, 11) is 0. The quantitative estimate of drug-likeness (QED) is 0.817. The Kier molecular flexibility index (Phi) is 3.92. The first kappa shape index (κ1) is 15.4. The molecule has 0 saturated carbocycles. The molecule has 0 bridgehead atoms. The number of fused-ring (bicyclic) bond motifs is 1. The van der Waals surface area contributed by atoms with Crippen LogP contribution in [-0.2, 0) is 14.3 Å². The monoisotopic (exact) mass is 344 g/mol. The zero-order valence-corrected chi connectivity index (χ0v) is 13.7. The minimum atomic E-state index is -1.11. The second-order valence-corrected chi connectivity index (χ2v) is 6.43. The van der Waals surface area contributed by atoms with Crippen LogP contribution in [0.1, 0.15) is 6.42 Å². The highest BCUT2D eigenvalue weighted by Gasteiger charge is 2.40. The van der Waals surface area contributed by atoms with Crippen LogP contribution in [-0.4, -0.2) is 35.8 Å². The molecule has 2 N–H and O–H groups in total. The standard InChI is InChI=1S/C18H17ClN2O3/c19-12-3-2-7-18(9-12,24-11-13-10-23-13)17(22)21-16-5-1-4-15-14(16)6-8-20-15/h1-6,8-9,13,20H,7,10-11H2,(H,21,22). The lowest BCUT2D eigenvalue weighted by molar-refractivity contribution is -0.135. The lowest BCUT2D eigenvalue weighted by Crippen LogP contribution is -2.45. The SMILES string of the molecule is O=C(Nc1cccc2[nH]ccc12)C1(OCC2CO2)C=C(Cl)C=CC1. The predicted octanol–water partition coefficient (Wildman–Crippen LogP) is 3.34. The lowest BCUT2D eigenvalue weighted by Gasteiger charge is -2.30. The van der Waals surface area contributed by atoms with Gasteiger partial charge in [0, 0.05) is 28.6 Å². The number of H-pyrrole nitrogens is 1. The summed E-state index contributed by atoms with van der Waals surface area (Å²) < 4.78 is 11.1. The Balaban J connectivity index is 1.61. The van der Waals surface area contributed by atoms with Crippen molar-refractivity contribution in [3.05, 3.63) is 53.7 Å². The second-order valence-electron chi connectivity index (χ2n) is 5.99. The third-order valence-corrected chi connectivity index (χ3v) is 4.46. The molecule has 24 heavy (non-hydrogen) atoms. The van der Waals surface area contributed by atoms with Crippen molar-refractivity contribution < 1.29 is 14.3 Å². The minimum Gasteiger partial charge on any atom is -0.371 e. The largest absolute Gasteiger partial charge is 0.371 e. The van der Waals surface area contributed by atoms with Crippen LogP contribution in [0, 0.1) is 0 Å². The van der Waals surface area contributed by atoms with Gasteiger partial charge in [0.25, 0.3) is 5.91 Å². The van der Waals surface area contributed by atoms with Crippen LogP contribution in [0.15, 0.2) is 53.7 Å². The number of hydrogen-bond acceptors (Lipinski definition) is 3. The Hall–Kier alpha value is -2.08. The van der Waals surface area contributed by atoms with Gasteiger partial charge in [0.2, 0.25) is 0 Å². The molecule has 1 aliphatic heterocycles. The molecule has 1 fully saturated rings.